The summed E-state index contributed by atoms with van der Waals surface area (Å²) in [5.74, 6) is 0. The molecule has 0 saturated heterocycles. The van der Waals surface area contributed by atoms with E-state index in [1.165, 1.54) is 64.2 Å². The summed E-state index contributed by atoms with van der Waals surface area (Å²) in [5.41, 5.74) is 0.542. The zero-order chi connectivity index (χ0) is 12.4. The van der Waals surface area contributed by atoms with E-state index in [1.807, 2.05) is 0 Å². The van der Waals surface area contributed by atoms with Crippen molar-refractivity contribution >= 4 is 0 Å². The van der Waals surface area contributed by atoms with Gasteiger partial charge in [0, 0.05) is 13.2 Å². The van der Waals surface area contributed by atoms with Crippen LogP contribution in [0.25, 0.3) is 0 Å². The van der Waals surface area contributed by atoms with Gasteiger partial charge in [-0.05, 0) is 43.9 Å². The van der Waals surface area contributed by atoms with Gasteiger partial charge < -0.3 is 10.2 Å². The average molecular weight is 242 g/mol. The molecule has 1 fully saturated rings. The third kappa shape index (κ3) is 5.87. The Bertz CT molecular complexity index is 160. The Hall–Kier alpha value is -0.0800. The van der Waals surface area contributed by atoms with Crippen molar-refractivity contribution < 1.29 is 10.2 Å². The molecule has 1 saturated carbocycles. The molecule has 0 unspecified atom stereocenters. The summed E-state index contributed by atoms with van der Waals surface area (Å²) in [7, 11) is 0. The van der Waals surface area contributed by atoms with E-state index in [-0.39, 0.29) is 0 Å². The highest BCUT2D eigenvalue weighted by Crippen LogP contribution is 2.43. The minimum Gasteiger partial charge on any atom is -0.396 e. The van der Waals surface area contributed by atoms with E-state index in [0.29, 0.717) is 18.6 Å². The predicted octanol–water partition coefficient (Wildman–Crippen LogP) is 3.65. The second-order valence-corrected chi connectivity index (χ2v) is 5.78. The molecule has 17 heavy (non-hydrogen) atoms. The van der Waals surface area contributed by atoms with Crippen LogP contribution in [0.15, 0.2) is 0 Å². The van der Waals surface area contributed by atoms with Crippen LogP contribution in [0.1, 0.15) is 77.0 Å². The van der Waals surface area contributed by atoms with Gasteiger partial charge in [-0.15, -0.1) is 0 Å². The molecule has 0 amide bonds. The molecule has 0 aromatic carbocycles. The first-order valence-corrected chi connectivity index (χ1v) is 7.55. The fourth-order valence-electron chi connectivity index (χ4n) is 3.33. The Morgan fingerprint density at radius 3 is 1.53 bits per heavy atom. The summed E-state index contributed by atoms with van der Waals surface area (Å²) in [6, 6.07) is 0. The van der Waals surface area contributed by atoms with Crippen LogP contribution in [0.4, 0.5) is 0 Å². The first-order valence-electron chi connectivity index (χ1n) is 7.55. The fraction of sp³-hybridized carbons (Fsp3) is 1.00. The van der Waals surface area contributed by atoms with Crippen molar-refractivity contribution in [3.05, 3.63) is 0 Å². The normalized spacial score (nSPS) is 20.1. The number of rotatable bonds is 8. The van der Waals surface area contributed by atoms with E-state index >= 15 is 0 Å². The number of hydrogen-bond acceptors (Lipinski definition) is 2. The molecule has 1 aliphatic rings. The summed E-state index contributed by atoms with van der Waals surface area (Å²) < 4.78 is 0. The number of aliphatic hydroxyl groups excluding tert-OH is 2. The van der Waals surface area contributed by atoms with Crippen LogP contribution in [0.5, 0.6) is 0 Å². The zero-order valence-corrected chi connectivity index (χ0v) is 11.3. The quantitative estimate of drug-likeness (QED) is 0.504. The van der Waals surface area contributed by atoms with E-state index in [0.717, 1.165) is 12.8 Å². The molecular formula is C15H30O2. The number of hydrogen-bond donors (Lipinski definition) is 2. The molecule has 0 aromatic heterocycles. The Labute approximate surface area is 106 Å². The molecule has 102 valence electrons. The highest BCUT2D eigenvalue weighted by Gasteiger charge is 2.29. The van der Waals surface area contributed by atoms with Crippen molar-refractivity contribution in [1.82, 2.24) is 0 Å². The molecule has 0 aliphatic heterocycles. The maximum atomic E-state index is 8.92. The predicted molar refractivity (Wildman–Crippen MR) is 72.0 cm³/mol. The lowest BCUT2D eigenvalue weighted by molar-refractivity contribution is 0.174. The Balaban J connectivity index is 2.41. The lowest BCUT2D eigenvalue weighted by Gasteiger charge is -2.33. The van der Waals surface area contributed by atoms with Gasteiger partial charge in [0.1, 0.15) is 0 Å². The maximum Gasteiger partial charge on any atom is 0.0431 e. The van der Waals surface area contributed by atoms with Crippen molar-refractivity contribution in [2.75, 3.05) is 13.2 Å². The van der Waals surface area contributed by atoms with Gasteiger partial charge in [0.15, 0.2) is 0 Å². The molecule has 2 N–H and O–H groups in total. The SMILES string of the molecule is OCCCCC1(CCCCO)CCCCCC1. The highest BCUT2D eigenvalue weighted by molar-refractivity contribution is 4.81. The second kappa shape index (κ2) is 8.93. The van der Waals surface area contributed by atoms with Crippen molar-refractivity contribution in [2.45, 2.75) is 77.0 Å². The van der Waals surface area contributed by atoms with Crippen LogP contribution in [0.2, 0.25) is 0 Å². The van der Waals surface area contributed by atoms with E-state index in [4.69, 9.17) is 10.2 Å². The van der Waals surface area contributed by atoms with E-state index in [2.05, 4.69) is 0 Å². The van der Waals surface area contributed by atoms with E-state index < -0.39 is 0 Å². The van der Waals surface area contributed by atoms with Gasteiger partial charge >= 0.3 is 0 Å². The second-order valence-electron chi connectivity index (χ2n) is 5.78. The summed E-state index contributed by atoms with van der Waals surface area (Å²) in [4.78, 5) is 0. The van der Waals surface area contributed by atoms with Gasteiger partial charge in [0.2, 0.25) is 0 Å². The van der Waals surface area contributed by atoms with Gasteiger partial charge in [-0.25, -0.2) is 0 Å². The highest BCUT2D eigenvalue weighted by atomic mass is 16.3. The Kier molecular flexibility index (Phi) is 7.87. The minimum atomic E-state index is 0.340. The molecule has 0 atom stereocenters. The summed E-state index contributed by atoms with van der Waals surface area (Å²) in [5, 5.41) is 17.8. The van der Waals surface area contributed by atoms with E-state index in [1.54, 1.807) is 0 Å². The average Bonchev–Trinajstić information content (AvgIpc) is 2.56. The molecule has 1 rings (SSSR count). The number of unbranched alkanes of at least 4 members (excludes halogenated alkanes) is 2. The molecule has 0 radical (unpaired) electrons. The lowest BCUT2D eigenvalue weighted by atomic mass is 9.72. The van der Waals surface area contributed by atoms with Crippen molar-refractivity contribution in [3.63, 3.8) is 0 Å². The number of aliphatic hydroxyl groups is 2. The van der Waals surface area contributed by atoms with Crippen LogP contribution in [0.3, 0.4) is 0 Å². The third-order valence-corrected chi connectivity index (χ3v) is 4.39. The fourth-order valence-corrected chi connectivity index (χ4v) is 3.33. The monoisotopic (exact) mass is 242 g/mol. The molecular weight excluding hydrogens is 212 g/mol. The maximum absolute atomic E-state index is 8.92. The Morgan fingerprint density at radius 1 is 0.647 bits per heavy atom. The molecule has 1 aliphatic carbocycles. The van der Waals surface area contributed by atoms with Crippen LogP contribution in [-0.2, 0) is 0 Å². The minimum absolute atomic E-state index is 0.340. The standard InChI is InChI=1S/C15H30O2/c16-13-7-5-11-15(12-6-8-14-17)9-3-1-2-4-10-15/h16-17H,1-14H2. The van der Waals surface area contributed by atoms with E-state index in [9.17, 15) is 0 Å². The lowest BCUT2D eigenvalue weighted by Crippen LogP contribution is -2.20. The van der Waals surface area contributed by atoms with Crippen LogP contribution in [0, 0.1) is 5.41 Å². The van der Waals surface area contributed by atoms with Crippen LogP contribution < -0.4 is 0 Å². The first kappa shape index (κ1) is 15.0. The van der Waals surface area contributed by atoms with Gasteiger partial charge in [-0.3, -0.25) is 0 Å². The van der Waals surface area contributed by atoms with Crippen molar-refractivity contribution in [2.24, 2.45) is 5.41 Å². The van der Waals surface area contributed by atoms with Crippen molar-refractivity contribution in [3.8, 4) is 0 Å². The first-order chi connectivity index (χ1) is 8.33. The summed E-state index contributed by atoms with van der Waals surface area (Å²) >= 11 is 0. The smallest absolute Gasteiger partial charge is 0.0431 e. The summed E-state index contributed by atoms with van der Waals surface area (Å²) in [6.45, 7) is 0.680. The van der Waals surface area contributed by atoms with Gasteiger partial charge in [0.25, 0.3) is 0 Å². The molecule has 2 nitrogen and oxygen atoms in total. The molecule has 0 aromatic rings. The topological polar surface area (TPSA) is 40.5 Å². The largest absolute Gasteiger partial charge is 0.396 e. The van der Waals surface area contributed by atoms with Crippen LogP contribution >= 0.6 is 0 Å². The van der Waals surface area contributed by atoms with Crippen LogP contribution in [-0.4, -0.2) is 23.4 Å². The van der Waals surface area contributed by atoms with Gasteiger partial charge in [-0.1, -0.05) is 38.5 Å². The summed E-state index contributed by atoms with van der Waals surface area (Å²) in [6.07, 6.45) is 15.2. The molecule has 2 heteroatoms. The third-order valence-electron chi connectivity index (χ3n) is 4.39. The van der Waals surface area contributed by atoms with Gasteiger partial charge in [0.05, 0.1) is 0 Å². The molecule has 0 heterocycles. The molecule has 0 spiro atoms. The zero-order valence-electron chi connectivity index (χ0n) is 11.3. The van der Waals surface area contributed by atoms with Gasteiger partial charge in [-0.2, -0.15) is 0 Å². The Morgan fingerprint density at radius 2 is 1.12 bits per heavy atom. The molecule has 0 bridgehead atoms. The van der Waals surface area contributed by atoms with Crippen molar-refractivity contribution in [1.29, 1.82) is 0 Å².